The number of hydrogen-bond acceptors (Lipinski definition) is 3. The van der Waals surface area contributed by atoms with Crippen LogP contribution in [0.4, 0.5) is 5.69 Å². The van der Waals surface area contributed by atoms with Crippen LogP contribution in [-0.2, 0) is 4.79 Å². The smallest absolute Gasteiger partial charge is 0.238 e. The van der Waals surface area contributed by atoms with E-state index in [0.29, 0.717) is 5.02 Å². The molecule has 3 rings (SSSR count). The number of fused-ring (bicyclic) bond motifs is 1. The average molecular weight is 343 g/mol. The first-order valence-electron chi connectivity index (χ1n) is 7.81. The maximum atomic E-state index is 12.1. The van der Waals surface area contributed by atoms with Gasteiger partial charge in [-0.05, 0) is 43.7 Å². The molecule has 2 N–H and O–H groups in total. The summed E-state index contributed by atoms with van der Waals surface area (Å²) < 4.78 is 5.80. The summed E-state index contributed by atoms with van der Waals surface area (Å²) in [7, 11) is 0. The van der Waals surface area contributed by atoms with E-state index < -0.39 is 0 Å². The molecular formula is C19H19ClN2O2. The summed E-state index contributed by atoms with van der Waals surface area (Å²) in [5, 5.41) is 7.73. The molecule has 0 spiro atoms. The summed E-state index contributed by atoms with van der Waals surface area (Å²) in [6.45, 7) is 4.03. The second-order valence-corrected chi connectivity index (χ2v) is 6.16. The number of benzene rings is 2. The van der Waals surface area contributed by atoms with E-state index in [2.05, 4.69) is 10.6 Å². The van der Waals surface area contributed by atoms with Gasteiger partial charge in [-0.25, -0.2) is 0 Å². The Morgan fingerprint density at radius 2 is 2.00 bits per heavy atom. The van der Waals surface area contributed by atoms with Gasteiger partial charge >= 0.3 is 0 Å². The van der Waals surface area contributed by atoms with Crippen LogP contribution >= 0.6 is 11.6 Å². The van der Waals surface area contributed by atoms with Crippen molar-refractivity contribution in [3.05, 3.63) is 64.9 Å². The highest BCUT2D eigenvalue weighted by atomic mass is 35.5. The number of halogens is 1. The number of carbonyl (C=O) groups is 1. The van der Waals surface area contributed by atoms with Crippen LogP contribution in [0.15, 0.2) is 52.9 Å². The first-order valence-corrected chi connectivity index (χ1v) is 8.19. The van der Waals surface area contributed by atoms with E-state index in [-0.39, 0.29) is 18.5 Å². The molecule has 1 amide bonds. The fourth-order valence-corrected chi connectivity index (χ4v) is 2.67. The quantitative estimate of drug-likeness (QED) is 0.707. The minimum atomic E-state index is -0.122. The van der Waals surface area contributed by atoms with E-state index in [1.54, 1.807) is 6.07 Å². The average Bonchev–Trinajstić information content (AvgIpc) is 3.01. The summed E-state index contributed by atoms with van der Waals surface area (Å²) in [6.07, 6.45) is 0. The van der Waals surface area contributed by atoms with E-state index in [1.165, 1.54) is 0 Å². The van der Waals surface area contributed by atoms with Crippen LogP contribution in [0.2, 0.25) is 5.02 Å². The van der Waals surface area contributed by atoms with E-state index in [0.717, 1.165) is 28.0 Å². The zero-order valence-electron chi connectivity index (χ0n) is 13.6. The fourth-order valence-electron chi connectivity index (χ4n) is 2.50. The third kappa shape index (κ3) is 3.61. The van der Waals surface area contributed by atoms with Gasteiger partial charge in [-0.2, -0.15) is 0 Å². The summed E-state index contributed by atoms with van der Waals surface area (Å²) in [4.78, 5) is 12.1. The third-order valence-electron chi connectivity index (χ3n) is 3.98. The summed E-state index contributed by atoms with van der Waals surface area (Å²) in [6, 6.07) is 15.2. The standard InChI is InChI=1S/C19H19ClN2O2/c1-12-15(20)7-5-8-16(12)22-19(23)11-21-13(2)18-10-14-6-3-4-9-17(14)24-18/h3-10,13,21H,11H2,1-2H3,(H,22,23). The van der Waals surface area contributed by atoms with Crippen molar-refractivity contribution in [3.8, 4) is 0 Å². The molecule has 4 nitrogen and oxygen atoms in total. The highest BCUT2D eigenvalue weighted by Crippen LogP contribution is 2.24. The molecule has 3 aromatic rings. The van der Waals surface area contributed by atoms with E-state index in [1.807, 2.05) is 56.3 Å². The van der Waals surface area contributed by atoms with Crippen LogP contribution in [0.25, 0.3) is 11.0 Å². The van der Waals surface area contributed by atoms with Crippen LogP contribution in [0.1, 0.15) is 24.3 Å². The Labute approximate surface area is 145 Å². The maximum absolute atomic E-state index is 12.1. The van der Waals surface area contributed by atoms with E-state index in [9.17, 15) is 4.79 Å². The SMILES string of the molecule is Cc1c(Cl)cccc1NC(=O)CNC(C)c1cc2ccccc2o1. The van der Waals surface area contributed by atoms with Gasteiger partial charge in [0.15, 0.2) is 0 Å². The molecule has 0 saturated heterocycles. The summed E-state index contributed by atoms with van der Waals surface area (Å²) in [5.41, 5.74) is 2.43. The molecule has 2 aromatic carbocycles. The molecule has 0 aliphatic carbocycles. The molecule has 0 radical (unpaired) electrons. The van der Waals surface area contributed by atoms with Gasteiger partial charge in [0.05, 0.1) is 12.6 Å². The lowest BCUT2D eigenvalue weighted by Crippen LogP contribution is -2.30. The predicted octanol–water partition coefficient (Wildman–Crippen LogP) is 4.68. The molecule has 0 aliphatic heterocycles. The Morgan fingerprint density at radius 3 is 2.79 bits per heavy atom. The molecule has 0 bridgehead atoms. The molecule has 0 aliphatic rings. The van der Waals surface area contributed by atoms with Crippen molar-refractivity contribution >= 4 is 34.2 Å². The number of furan rings is 1. The minimum Gasteiger partial charge on any atom is -0.459 e. The van der Waals surface area contributed by atoms with Crippen LogP contribution in [0.5, 0.6) is 0 Å². The lowest BCUT2D eigenvalue weighted by molar-refractivity contribution is -0.115. The van der Waals surface area contributed by atoms with Crippen LogP contribution in [0, 0.1) is 6.92 Å². The maximum Gasteiger partial charge on any atom is 0.238 e. The number of amides is 1. The highest BCUT2D eigenvalue weighted by Gasteiger charge is 2.13. The van der Waals surface area contributed by atoms with Crippen LogP contribution in [-0.4, -0.2) is 12.5 Å². The first-order chi connectivity index (χ1) is 11.5. The summed E-state index contributed by atoms with van der Waals surface area (Å²) in [5.74, 6) is 0.686. The Hall–Kier alpha value is -2.30. The molecule has 1 atom stereocenters. The lowest BCUT2D eigenvalue weighted by Gasteiger charge is -2.13. The molecule has 0 saturated carbocycles. The molecule has 124 valence electrons. The van der Waals surface area contributed by atoms with Gasteiger partial charge in [0.2, 0.25) is 5.91 Å². The molecule has 1 aromatic heterocycles. The van der Waals surface area contributed by atoms with Crippen molar-refractivity contribution in [1.82, 2.24) is 5.32 Å². The normalized spacial score (nSPS) is 12.3. The number of para-hydroxylation sites is 1. The van der Waals surface area contributed by atoms with E-state index >= 15 is 0 Å². The van der Waals surface area contributed by atoms with Gasteiger partial charge in [0.25, 0.3) is 0 Å². The molecule has 0 fully saturated rings. The number of anilines is 1. The highest BCUT2D eigenvalue weighted by molar-refractivity contribution is 6.31. The molecule has 1 unspecified atom stereocenters. The first kappa shape index (κ1) is 16.6. The number of hydrogen-bond donors (Lipinski definition) is 2. The molecule has 24 heavy (non-hydrogen) atoms. The van der Waals surface area contributed by atoms with Gasteiger partial charge in [-0.3, -0.25) is 10.1 Å². The monoisotopic (exact) mass is 342 g/mol. The van der Waals surface area contributed by atoms with Crippen molar-refractivity contribution in [1.29, 1.82) is 0 Å². The second kappa shape index (κ2) is 7.07. The van der Waals surface area contributed by atoms with Gasteiger partial charge in [-0.15, -0.1) is 0 Å². The van der Waals surface area contributed by atoms with Crippen LogP contribution in [0.3, 0.4) is 0 Å². The summed E-state index contributed by atoms with van der Waals surface area (Å²) >= 11 is 6.06. The largest absolute Gasteiger partial charge is 0.459 e. The minimum absolute atomic E-state index is 0.0661. The molecule has 1 heterocycles. The van der Waals surface area contributed by atoms with Crippen molar-refractivity contribution < 1.29 is 9.21 Å². The van der Waals surface area contributed by atoms with Gasteiger partial charge in [0.1, 0.15) is 11.3 Å². The second-order valence-electron chi connectivity index (χ2n) is 5.75. The number of rotatable bonds is 5. The van der Waals surface area contributed by atoms with Crippen molar-refractivity contribution in [2.24, 2.45) is 0 Å². The Balaban J connectivity index is 1.60. The van der Waals surface area contributed by atoms with Crippen molar-refractivity contribution in [2.75, 3.05) is 11.9 Å². The third-order valence-corrected chi connectivity index (χ3v) is 4.39. The van der Waals surface area contributed by atoms with Gasteiger partial charge in [0, 0.05) is 16.1 Å². The predicted molar refractivity (Wildman–Crippen MR) is 97.5 cm³/mol. The fraction of sp³-hybridized carbons (Fsp3) is 0.211. The van der Waals surface area contributed by atoms with E-state index in [4.69, 9.17) is 16.0 Å². The molecular weight excluding hydrogens is 324 g/mol. The Bertz CT molecular complexity index is 840. The lowest BCUT2D eigenvalue weighted by atomic mass is 10.2. The topological polar surface area (TPSA) is 54.3 Å². The number of nitrogens with one attached hydrogen (secondary N) is 2. The van der Waals surface area contributed by atoms with Crippen LogP contribution < -0.4 is 10.6 Å². The van der Waals surface area contributed by atoms with Gasteiger partial charge < -0.3 is 9.73 Å². The van der Waals surface area contributed by atoms with Crippen molar-refractivity contribution in [3.63, 3.8) is 0 Å². The number of carbonyl (C=O) groups excluding carboxylic acids is 1. The zero-order chi connectivity index (χ0) is 17.1. The zero-order valence-corrected chi connectivity index (χ0v) is 14.4. The van der Waals surface area contributed by atoms with Crippen molar-refractivity contribution in [2.45, 2.75) is 19.9 Å². The molecule has 5 heteroatoms. The Morgan fingerprint density at radius 1 is 1.21 bits per heavy atom. The Kier molecular flexibility index (Phi) is 4.88. The van der Waals surface area contributed by atoms with Gasteiger partial charge in [-0.1, -0.05) is 35.9 Å².